The Hall–Kier alpha value is -0.870. The molecule has 0 aliphatic rings. The molecule has 4 nitrogen and oxygen atoms in total. The number of aryl methyl sites for hydroxylation is 1. The Morgan fingerprint density at radius 3 is 2.72 bits per heavy atom. The fourth-order valence-corrected chi connectivity index (χ4v) is 2.08. The van der Waals surface area contributed by atoms with Crippen molar-refractivity contribution in [1.29, 1.82) is 0 Å². The molecule has 0 amide bonds. The lowest BCUT2D eigenvalue weighted by molar-refractivity contribution is -0.00377. The van der Waals surface area contributed by atoms with Gasteiger partial charge in [-0.15, -0.1) is 0 Å². The highest BCUT2D eigenvalue weighted by Crippen LogP contribution is 2.19. The van der Waals surface area contributed by atoms with Crippen molar-refractivity contribution in [2.45, 2.75) is 58.2 Å². The first-order chi connectivity index (χ1) is 8.67. The minimum absolute atomic E-state index is 0.0279. The summed E-state index contributed by atoms with van der Waals surface area (Å²) >= 11 is 0. The fraction of sp³-hybridized carbons (Fsp3) is 0.786. The Kier molecular flexibility index (Phi) is 6.98. The quantitative estimate of drug-likeness (QED) is 0.688. The third-order valence-corrected chi connectivity index (χ3v) is 3.17. The van der Waals surface area contributed by atoms with Gasteiger partial charge in [0.2, 0.25) is 0 Å². The lowest BCUT2D eigenvalue weighted by atomic mass is 10.1. The molecule has 0 radical (unpaired) electrons. The van der Waals surface area contributed by atoms with Crippen LogP contribution >= 0.6 is 0 Å². The lowest BCUT2D eigenvalue weighted by Gasteiger charge is -2.20. The Bertz CT molecular complexity index is 325. The number of hydrogen-bond acceptors (Lipinski definition) is 3. The summed E-state index contributed by atoms with van der Waals surface area (Å²) in [5, 5.41) is 4.16. The van der Waals surface area contributed by atoms with E-state index in [-0.39, 0.29) is 12.2 Å². The van der Waals surface area contributed by atoms with Crippen molar-refractivity contribution in [3.63, 3.8) is 0 Å². The molecule has 104 valence electrons. The first kappa shape index (κ1) is 15.2. The average Bonchev–Trinajstić information content (AvgIpc) is 2.78. The molecule has 0 bridgehead atoms. The van der Waals surface area contributed by atoms with Gasteiger partial charge >= 0.3 is 0 Å². The number of hydrogen-bond donors (Lipinski definition) is 1. The molecule has 1 rings (SSSR count). The molecule has 1 aromatic heterocycles. The van der Waals surface area contributed by atoms with Crippen LogP contribution in [-0.2, 0) is 11.8 Å². The molecule has 0 saturated heterocycles. The molecule has 18 heavy (non-hydrogen) atoms. The van der Waals surface area contributed by atoms with E-state index in [0.29, 0.717) is 6.54 Å². The molecule has 0 aliphatic carbocycles. The van der Waals surface area contributed by atoms with Gasteiger partial charge in [0.25, 0.3) is 0 Å². The number of unbranched alkanes of at least 4 members (excludes halogenated alkanes) is 3. The summed E-state index contributed by atoms with van der Waals surface area (Å²) < 4.78 is 7.79. The zero-order valence-electron chi connectivity index (χ0n) is 11.9. The molecule has 2 unspecified atom stereocenters. The molecule has 0 spiro atoms. The Balaban J connectivity index is 2.34. The standard InChI is InChI=1S/C14H27N3O/c1-4-5-6-7-8-12(2)18-14(9-15)13-10-16-17(3)11-13/h10-12,14H,4-9,15H2,1-3H3. The van der Waals surface area contributed by atoms with Crippen LogP contribution in [0, 0.1) is 0 Å². The van der Waals surface area contributed by atoms with E-state index >= 15 is 0 Å². The van der Waals surface area contributed by atoms with Crippen LogP contribution in [0.25, 0.3) is 0 Å². The van der Waals surface area contributed by atoms with Gasteiger partial charge in [0, 0.05) is 25.4 Å². The van der Waals surface area contributed by atoms with Gasteiger partial charge in [-0.2, -0.15) is 5.10 Å². The van der Waals surface area contributed by atoms with E-state index < -0.39 is 0 Å². The third-order valence-electron chi connectivity index (χ3n) is 3.17. The van der Waals surface area contributed by atoms with E-state index in [1.807, 2.05) is 19.4 Å². The molecule has 2 N–H and O–H groups in total. The van der Waals surface area contributed by atoms with Crippen LogP contribution in [0.3, 0.4) is 0 Å². The molecular formula is C14H27N3O. The molecule has 4 heteroatoms. The Morgan fingerprint density at radius 2 is 2.17 bits per heavy atom. The summed E-state index contributed by atoms with van der Waals surface area (Å²) in [5.74, 6) is 0. The van der Waals surface area contributed by atoms with Crippen LogP contribution in [-0.4, -0.2) is 22.4 Å². The number of nitrogens with zero attached hydrogens (tertiary/aromatic N) is 2. The van der Waals surface area contributed by atoms with E-state index in [4.69, 9.17) is 10.5 Å². The molecule has 0 fully saturated rings. The van der Waals surface area contributed by atoms with Crippen LogP contribution < -0.4 is 5.73 Å². The number of aromatic nitrogens is 2. The van der Waals surface area contributed by atoms with Crippen LogP contribution in [0.4, 0.5) is 0 Å². The van der Waals surface area contributed by atoms with E-state index in [1.165, 1.54) is 25.7 Å². The lowest BCUT2D eigenvalue weighted by Crippen LogP contribution is -2.20. The zero-order valence-corrected chi connectivity index (χ0v) is 11.9. The minimum atomic E-state index is -0.0279. The van der Waals surface area contributed by atoms with Crippen molar-refractivity contribution < 1.29 is 4.74 Å². The summed E-state index contributed by atoms with van der Waals surface area (Å²) in [4.78, 5) is 0. The summed E-state index contributed by atoms with van der Waals surface area (Å²) in [7, 11) is 1.91. The van der Waals surface area contributed by atoms with E-state index in [1.54, 1.807) is 4.68 Å². The van der Waals surface area contributed by atoms with Gasteiger partial charge in [-0.05, 0) is 13.3 Å². The maximum Gasteiger partial charge on any atom is 0.0980 e. The van der Waals surface area contributed by atoms with Crippen molar-refractivity contribution in [2.75, 3.05) is 6.54 Å². The molecule has 1 heterocycles. The van der Waals surface area contributed by atoms with E-state index in [9.17, 15) is 0 Å². The summed E-state index contributed by atoms with van der Waals surface area (Å²) in [6.45, 7) is 4.86. The highest BCUT2D eigenvalue weighted by Gasteiger charge is 2.15. The van der Waals surface area contributed by atoms with Crippen molar-refractivity contribution in [3.05, 3.63) is 18.0 Å². The van der Waals surface area contributed by atoms with Crippen LogP contribution in [0.15, 0.2) is 12.4 Å². The van der Waals surface area contributed by atoms with Gasteiger partial charge in [0.05, 0.1) is 18.4 Å². The second kappa shape index (κ2) is 8.27. The fourth-order valence-electron chi connectivity index (χ4n) is 2.08. The SMILES string of the molecule is CCCCCCC(C)OC(CN)c1cnn(C)c1. The molecule has 0 aliphatic heterocycles. The summed E-state index contributed by atoms with van der Waals surface area (Å²) in [6.07, 6.45) is 10.3. The monoisotopic (exact) mass is 253 g/mol. The molecule has 0 aromatic carbocycles. The molecular weight excluding hydrogens is 226 g/mol. The number of rotatable bonds is 9. The maximum atomic E-state index is 6.00. The second-order valence-corrected chi connectivity index (χ2v) is 4.97. The van der Waals surface area contributed by atoms with E-state index in [2.05, 4.69) is 18.9 Å². The third kappa shape index (κ3) is 5.19. The average molecular weight is 253 g/mol. The summed E-state index contributed by atoms with van der Waals surface area (Å²) in [5.41, 5.74) is 6.85. The largest absolute Gasteiger partial charge is 0.369 e. The Morgan fingerprint density at radius 1 is 1.39 bits per heavy atom. The van der Waals surface area contributed by atoms with Crippen molar-refractivity contribution in [2.24, 2.45) is 12.8 Å². The van der Waals surface area contributed by atoms with Gasteiger partial charge in [-0.3, -0.25) is 4.68 Å². The van der Waals surface area contributed by atoms with Crippen molar-refractivity contribution >= 4 is 0 Å². The van der Waals surface area contributed by atoms with Crippen molar-refractivity contribution in [1.82, 2.24) is 9.78 Å². The van der Waals surface area contributed by atoms with Gasteiger partial charge in [-0.25, -0.2) is 0 Å². The Labute approximate surface area is 111 Å². The smallest absolute Gasteiger partial charge is 0.0980 e. The first-order valence-corrected chi connectivity index (χ1v) is 7.01. The van der Waals surface area contributed by atoms with Gasteiger partial charge in [-0.1, -0.05) is 32.6 Å². The topological polar surface area (TPSA) is 53.1 Å². The zero-order chi connectivity index (χ0) is 13.4. The predicted octanol–water partition coefficient (Wildman–Crippen LogP) is 2.80. The van der Waals surface area contributed by atoms with Crippen LogP contribution in [0.5, 0.6) is 0 Å². The number of nitrogens with two attached hydrogens (primary N) is 1. The summed E-state index contributed by atoms with van der Waals surface area (Å²) in [6, 6.07) is 0. The van der Waals surface area contributed by atoms with Crippen LogP contribution in [0.2, 0.25) is 0 Å². The normalized spacial score (nSPS) is 14.7. The molecule has 2 atom stereocenters. The van der Waals surface area contributed by atoms with Gasteiger partial charge in [0.1, 0.15) is 0 Å². The number of ether oxygens (including phenoxy) is 1. The predicted molar refractivity (Wildman–Crippen MR) is 74.3 cm³/mol. The second-order valence-electron chi connectivity index (χ2n) is 4.97. The molecule has 1 aromatic rings. The minimum Gasteiger partial charge on any atom is -0.369 e. The highest BCUT2D eigenvalue weighted by molar-refractivity contribution is 5.08. The van der Waals surface area contributed by atoms with Gasteiger partial charge < -0.3 is 10.5 Å². The van der Waals surface area contributed by atoms with E-state index in [0.717, 1.165) is 12.0 Å². The highest BCUT2D eigenvalue weighted by atomic mass is 16.5. The van der Waals surface area contributed by atoms with Crippen LogP contribution in [0.1, 0.15) is 57.6 Å². The molecule has 0 saturated carbocycles. The van der Waals surface area contributed by atoms with Crippen molar-refractivity contribution in [3.8, 4) is 0 Å². The first-order valence-electron chi connectivity index (χ1n) is 7.01. The van der Waals surface area contributed by atoms with Gasteiger partial charge in [0.15, 0.2) is 0 Å². The maximum absolute atomic E-state index is 6.00.